The number of likely N-dealkylation sites (tertiary alicyclic amines) is 1. The number of esters is 1. The highest BCUT2D eigenvalue weighted by Crippen LogP contribution is 2.56. The fraction of sp³-hybridized carbons (Fsp3) is 0.333. The summed E-state index contributed by atoms with van der Waals surface area (Å²) in [6.07, 6.45) is -0.500. The molecule has 0 bridgehead atoms. The van der Waals surface area contributed by atoms with E-state index in [0.717, 1.165) is 27.8 Å². The zero-order valence-electron chi connectivity index (χ0n) is 20.3. The molecule has 3 aromatic carbocycles. The minimum atomic E-state index is -0.934. The van der Waals surface area contributed by atoms with Gasteiger partial charge in [-0.2, -0.15) is 0 Å². The van der Waals surface area contributed by atoms with Gasteiger partial charge in [0.15, 0.2) is 5.78 Å². The Morgan fingerprint density at radius 2 is 1.51 bits per heavy atom. The molecule has 0 aromatic heterocycles. The lowest BCUT2D eigenvalue weighted by Gasteiger charge is -2.44. The molecule has 3 atom stereocenters. The molecule has 1 aliphatic heterocycles. The van der Waals surface area contributed by atoms with Crippen molar-refractivity contribution in [3.8, 4) is 11.1 Å². The van der Waals surface area contributed by atoms with E-state index in [9.17, 15) is 14.7 Å². The SMILES string of the molecule is COC(=O)[C@@H]1[C@@H]([C@@H](O)CC(C)C)C(=O)CN1C1(c2ccccc2)c2ccccc2-c2ccccc21. The number of benzene rings is 3. The first-order chi connectivity index (χ1) is 16.9. The summed E-state index contributed by atoms with van der Waals surface area (Å²) >= 11 is 0. The predicted octanol–water partition coefficient (Wildman–Crippen LogP) is 4.41. The molecule has 0 spiro atoms. The van der Waals surface area contributed by atoms with Crippen LogP contribution < -0.4 is 0 Å². The topological polar surface area (TPSA) is 66.8 Å². The molecule has 35 heavy (non-hydrogen) atoms. The Labute approximate surface area is 206 Å². The molecule has 0 radical (unpaired) electrons. The summed E-state index contributed by atoms with van der Waals surface area (Å²) in [5.41, 5.74) is 4.29. The van der Waals surface area contributed by atoms with Crippen molar-refractivity contribution in [1.82, 2.24) is 4.90 Å². The van der Waals surface area contributed by atoms with Gasteiger partial charge in [0.1, 0.15) is 6.04 Å². The van der Waals surface area contributed by atoms with Crippen LogP contribution >= 0.6 is 0 Å². The number of ketones is 1. The highest BCUT2D eigenvalue weighted by molar-refractivity contribution is 5.95. The minimum Gasteiger partial charge on any atom is -0.468 e. The Hall–Kier alpha value is -3.28. The largest absolute Gasteiger partial charge is 0.468 e. The maximum Gasteiger partial charge on any atom is 0.324 e. The van der Waals surface area contributed by atoms with Gasteiger partial charge in [-0.3, -0.25) is 14.5 Å². The molecule has 1 heterocycles. The van der Waals surface area contributed by atoms with Crippen LogP contribution in [-0.2, 0) is 19.9 Å². The smallest absolute Gasteiger partial charge is 0.324 e. The number of hydrogen-bond donors (Lipinski definition) is 1. The lowest BCUT2D eigenvalue weighted by atomic mass is 9.78. The normalized spacial score (nSPS) is 21.6. The van der Waals surface area contributed by atoms with Crippen LogP contribution in [0.1, 0.15) is 37.0 Å². The average molecular weight is 470 g/mol. The van der Waals surface area contributed by atoms with Crippen LogP contribution in [0.15, 0.2) is 78.9 Å². The molecule has 5 nitrogen and oxygen atoms in total. The number of Topliss-reactive ketones (excluding diaryl/α,β-unsaturated/α-hetero) is 1. The van der Waals surface area contributed by atoms with Crippen LogP contribution in [-0.4, -0.2) is 47.6 Å². The van der Waals surface area contributed by atoms with E-state index < -0.39 is 29.6 Å². The molecule has 1 fully saturated rings. The number of carbonyl (C=O) groups excluding carboxylic acids is 2. The molecule has 1 saturated heterocycles. The van der Waals surface area contributed by atoms with Crippen LogP contribution in [0.25, 0.3) is 11.1 Å². The monoisotopic (exact) mass is 469 g/mol. The summed E-state index contributed by atoms with van der Waals surface area (Å²) in [5.74, 6) is -1.31. The molecule has 5 rings (SSSR count). The van der Waals surface area contributed by atoms with Gasteiger partial charge >= 0.3 is 5.97 Å². The average Bonchev–Trinajstić information content (AvgIpc) is 3.37. The minimum absolute atomic E-state index is 0.0388. The number of aliphatic hydroxyl groups excluding tert-OH is 1. The summed E-state index contributed by atoms with van der Waals surface area (Å²) in [4.78, 5) is 29.0. The number of hydrogen-bond acceptors (Lipinski definition) is 5. The first-order valence-corrected chi connectivity index (χ1v) is 12.2. The van der Waals surface area contributed by atoms with Crippen molar-refractivity contribution in [3.05, 3.63) is 95.6 Å². The van der Waals surface area contributed by atoms with Gasteiger partial charge in [-0.15, -0.1) is 0 Å². The van der Waals surface area contributed by atoms with Crippen LogP contribution in [0.4, 0.5) is 0 Å². The quantitative estimate of drug-likeness (QED) is 0.542. The standard InChI is InChI=1S/C30H31NO4/c1-19(2)17-25(32)27-26(33)18-31(28(27)29(34)35-3)30(20-11-5-4-6-12-20)23-15-9-7-13-21(23)22-14-8-10-16-24(22)30/h4-16,19,25,27-28,32H,17-18H2,1-3H3/t25-,27-,28-/m0/s1. The number of rotatable bonds is 6. The van der Waals surface area contributed by atoms with Crippen LogP contribution in [0.2, 0.25) is 0 Å². The molecule has 3 aromatic rings. The second kappa shape index (κ2) is 9.06. The van der Waals surface area contributed by atoms with Crippen LogP contribution in [0.5, 0.6) is 0 Å². The summed E-state index contributed by atoms with van der Waals surface area (Å²) in [6.45, 7) is 4.04. The Bertz CT molecular complexity index is 1210. The molecular formula is C30H31NO4. The molecule has 1 N–H and O–H groups in total. The van der Waals surface area contributed by atoms with Crippen molar-refractivity contribution in [1.29, 1.82) is 0 Å². The molecular weight excluding hydrogens is 438 g/mol. The van der Waals surface area contributed by atoms with Gasteiger partial charge in [-0.1, -0.05) is 92.7 Å². The fourth-order valence-corrected chi connectivity index (χ4v) is 6.20. The Kier molecular flexibility index (Phi) is 6.07. The number of nitrogens with zero attached hydrogens (tertiary/aromatic N) is 1. The van der Waals surface area contributed by atoms with Gasteiger partial charge in [0.2, 0.25) is 0 Å². The number of methoxy groups -OCH3 is 1. The second-order valence-corrected chi connectivity index (χ2v) is 9.95. The number of ether oxygens (including phenoxy) is 1. The summed E-state index contributed by atoms with van der Waals surface area (Å²) < 4.78 is 5.27. The first kappa shape index (κ1) is 23.5. The van der Waals surface area contributed by atoms with Crippen molar-refractivity contribution in [2.45, 2.75) is 38.0 Å². The van der Waals surface area contributed by atoms with E-state index in [-0.39, 0.29) is 18.2 Å². The number of carbonyl (C=O) groups is 2. The zero-order valence-corrected chi connectivity index (χ0v) is 20.3. The number of fused-ring (bicyclic) bond motifs is 3. The van der Waals surface area contributed by atoms with Crippen LogP contribution in [0, 0.1) is 11.8 Å². The highest BCUT2D eigenvalue weighted by atomic mass is 16.5. The lowest BCUT2D eigenvalue weighted by Crippen LogP contribution is -2.54. The van der Waals surface area contributed by atoms with E-state index in [4.69, 9.17) is 4.74 Å². The molecule has 5 heteroatoms. The lowest BCUT2D eigenvalue weighted by molar-refractivity contribution is -0.151. The third-order valence-electron chi connectivity index (χ3n) is 7.49. The Balaban J connectivity index is 1.80. The van der Waals surface area contributed by atoms with E-state index in [1.54, 1.807) is 0 Å². The summed E-state index contributed by atoms with van der Waals surface area (Å²) in [7, 11) is 1.35. The fourth-order valence-electron chi connectivity index (χ4n) is 6.20. The highest BCUT2D eigenvalue weighted by Gasteiger charge is 2.59. The van der Waals surface area contributed by atoms with Crippen molar-refractivity contribution in [2.24, 2.45) is 11.8 Å². The van der Waals surface area contributed by atoms with Gasteiger partial charge in [0.05, 0.1) is 31.2 Å². The van der Waals surface area contributed by atoms with Gasteiger partial charge in [-0.05, 0) is 40.2 Å². The summed E-state index contributed by atoms with van der Waals surface area (Å²) in [6, 6.07) is 25.5. The molecule has 1 aliphatic carbocycles. The Morgan fingerprint density at radius 3 is 2.06 bits per heavy atom. The van der Waals surface area contributed by atoms with E-state index in [2.05, 4.69) is 36.4 Å². The van der Waals surface area contributed by atoms with Crippen molar-refractivity contribution in [3.63, 3.8) is 0 Å². The van der Waals surface area contributed by atoms with Crippen LogP contribution in [0.3, 0.4) is 0 Å². The van der Waals surface area contributed by atoms with Crippen molar-refractivity contribution in [2.75, 3.05) is 13.7 Å². The van der Waals surface area contributed by atoms with Gasteiger partial charge in [0, 0.05) is 0 Å². The van der Waals surface area contributed by atoms with Crippen molar-refractivity contribution >= 4 is 11.8 Å². The van der Waals surface area contributed by atoms with Gasteiger partial charge in [0.25, 0.3) is 0 Å². The van der Waals surface area contributed by atoms with E-state index in [1.807, 2.05) is 61.2 Å². The second-order valence-electron chi connectivity index (χ2n) is 9.95. The van der Waals surface area contributed by atoms with E-state index in [1.165, 1.54) is 7.11 Å². The number of aliphatic hydroxyl groups is 1. The third kappa shape index (κ3) is 3.53. The summed E-state index contributed by atoms with van der Waals surface area (Å²) in [5, 5.41) is 11.2. The molecule has 0 saturated carbocycles. The Morgan fingerprint density at radius 1 is 0.971 bits per heavy atom. The molecule has 2 aliphatic rings. The maximum absolute atomic E-state index is 13.6. The van der Waals surface area contributed by atoms with Gasteiger partial charge in [-0.25, -0.2) is 0 Å². The zero-order chi connectivity index (χ0) is 24.7. The maximum atomic E-state index is 13.6. The molecule has 180 valence electrons. The van der Waals surface area contributed by atoms with E-state index in [0.29, 0.717) is 6.42 Å². The predicted molar refractivity (Wildman–Crippen MR) is 135 cm³/mol. The first-order valence-electron chi connectivity index (χ1n) is 12.2. The van der Waals surface area contributed by atoms with Crippen molar-refractivity contribution < 1.29 is 19.4 Å². The molecule has 0 unspecified atom stereocenters. The van der Waals surface area contributed by atoms with E-state index >= 15 is 0 Å². The molecule has 0 amide bonds. The third-order valence-corrected chi connectivity index (χ3v) is 7.49. The van der Waals surface area contributed by atoms with Gasteiger partial charge < -0.3 is 9.84 Å².